The third-order valence-electron chi connectivity index (χ3n) is 16.3. The molecule has 8 aliphatic rings. The highest BCUT2D eigenvalue weighted by atomic mass is 16.7. The van der Waals surface area contributed by atoms with Crippen LogP contribution in [0.4, 0.5) is 0 Å². The van der Waals surface area contributed by atoms with Crippen molar-refractivity contribution in [2.24, 2.45) is 34.5 Å². The van der Waals surface area contributed by atoms with Crippen molar-refractivity contribution in [2.75, 3.05) is 13.7 Å². The maximum atomic E-state index is 12.6. The summed E-state index contributed by atoms with van der Waals surface area (Å²) in [6, 6.07) is 0. The van der Waals surface area contributed by atoms with Gasteiger partial charge in [-0.15, -0.1) is 0 Å². The molecule has 4 aliphatic heterocycles. The molecule has 7 fully saturated rings. The second kappa shape index (κ2) is 15.7. The molecule has 0 aromatic carbocycles. The largest absolute Gasteiger partial charge is 0.490 e. The minimum atomic E-state index is -0.927. The minimum absolute atomic E-state index is 0.00990. The Morgan fingerprint density at radius 3 is 1.80 bits per heavy atom. The quantitative estimate of drug-likeness (QED) is 0.225. The van der Waals surface area contributed by atoms with Crippen molar-refractivity contribution in [3.05, 3.63) is 24.0 Å². The molecule has 8 rings (SSSR count). The molecule has 21 atom stereocenters. The van der Waals surface area contributed by atoms with Crippen LogP contribution in [0.3, 0.4) is 0 Å². The molecular weight excluding hydrogens is 724 g/mol. The molecule has 0 radical (unpaired) electrons. The summed E-state index contributed by atoms with van der Waals surface area (Å²) in [6.45, 7) is 14.5. The number of fused-ring (bicyclic) bond motifs is 5. The van der Waals surface area contributed by atoms with Gasteiger partial charge in [0, 0.05) is 31.8 Å². The van der Waals surface area contributed by atoms with E-state index in [1.54, 1.807) is 6.92 Å². The summed E-state index contributed by atoms with van der Waals surface area (Å²) in [7, 11) is 1.54. The molecule has 3 saturated heterocycles. The number of methoxy groups -OCH3 is 1. The Morgan fingerprint density at radius 1 is 0.696 bits per heavy atom. The fraction of sp³-hybridized carbons (Fsp3) is 0.907. The van der Waals surface area contributed by atoms with Crippen molar-refractivity contribution in [2.45, 2.75) is 197 Å². The Morgan fingerprint density at radius 2 is 1.27 bits per heavy atom. The van der Waals surface area contributed by atoms with Gasteiger partial charge in [0.1, 0.15) is 30.7 Å². The predicted octanol–water partition coefficient (Wildman–Crippen LogP) is 3.86. The van der Waals surface area contributed by atoms with Gasteiger partial charge in [-0.25, -0.2) is 0 Å². The van der Waals surface area contributed by atoms with Crippen LogP contribution in [0.2, 0.25) is 0 Å². The summed E-state index contributed by atoms with van der Waals surface area (Å²) in [6.07, 6.45) is 1.11. The van der Waals surface area contributed by atoms with Crippen LogP contribution >= 0.6 is 0 Å². The molecular formula is C43H68O13. The van der Waals surface area contributed by atoms with Gasteiger partial charge in [-0.3, -0.25) is 0 Å². The van der Waals surface area contributed by atoms with E-state index in [1.807, 2.05) is 19.9 Å². The molecule has 318 valence electrons. The molecule has 0 amide bonds. The van der Waals surface area contributed by atoms with E-state index >= 15 is 0 Å². The van der Waals surface area contributed by atoms with Gasteiger partial charge in [0.25, 0.3) is 0 Å². The first-order chi connectivity index (χ1) is 26.5. The highest BCUT2D eigenvalue weighted by Gasteiger charge is 2.71. The lowest BCUT2D eigenvalue weighted by Gasteiger charge is -2.65. The molecule has 56 heavy (non-hydrogen) atoms. The van der Waals surface area contributed by atoms with Crippen LogP contribution in [0.5, 0.6) is 0 Å². The topological polar surface area (TPSA) is 175 Å². The molecule has 5 N–H and O–H groups in total. The van der Waals surface area contributed by atoms with Crippen molar-refractivity contribution in [3.63, 3.8) is 0 Å². The minimum Gasteiger partial charge on any atom is -0.490 e. The van der Waals surface area contributed by atoms with Gasteiger partial charge < -0.3 is 63.4 Å². The number of hydrogen-bond acceptors (Lipinski definition) is 13. The molecule has 4 aliphatic carbocycles. The van der Waals surface area contributed by atoms with Crippen LogP contribution < -0.4 is 0 Å². The van der Waals surface area contributed by atoms with Crippen LogP contribution in [0.1, 0.15) is 105 Å². The zero-order chi connectivity index (χ0) is 39.9. The maximum Gasteiger partial charge on any atom is 0.161 e. The molecule has 10 unspecified atom stereocenters. The lowest BCUT2D eigenvalue weighted by atomic mass is 9.42. The van der Waals surface area contributed by atoms with Crippen LogP contribution in [0, 0.1) is 34.5 Å². The van der Waals surface area contributed by atoms with Gasteiger partial charge in [-0.2, -0.15) is 0 Å². The van der Waals surface area contributed by atoms with Crippen molar-refractivity contribution in [1.82, 2.24) is 0 Å². The summed E-state index contributed by atoms with van der Waals surface area (Å²) < 4.78 is 48.4. The van der Waals surface area contributed by atoms with Crippen molar-refractivity contribution in [1.29, 1.82) is 0 Å². The standard InChI is InChI=1S/C43H68O13/c1-21-14-25(20-50-21)28-11-13-43(48)29-9-8-26-15-27(10-12-41(26,5)30(29)16-34(47)42(28,43)6)54-35-18-32(45)39(23(3)52-35)56-37-19-33(46)40(24(4)53-37)55-36-17-31(44)38(49-7)22(2)51-36/h14,22-24,26-40,44-48H,1,8-13,15-20H2,2-7H3/t22-,23-,24-,26?,27?,28+,29?,30?,31+,32+,33+,34?,35+,36?,37?,38-,39?,40?,41+,42+,43?/m1/s1. The molecule has 4 saturated carbocycles. The van der Waals surface area contributed by atoms with Gasteiger partial charge in [0.15, 0.2) is 18.9 Å². The molecule has 0 aromatic rings. The lowest BCUT2D eigenvalue weighted by Crippen LogP contribution is -2.67. The fourth-order valence-corrected chi connectivity index (χ4v) is 13.2. The number of aliphatic hydroxyl groups excluding tert-OH is 4. The fourth-order valence-electron chi connectivity index (χ4n) is 13.2. The van der Waals surface area contributed by atoms with Gasteiger partial charge in [0.05, 0.1) is 54.4 Å². The summed E-state index contributed by atoms with van der Waals surface area (Å²) in [5, 5.41) is 57.5. The van der Waals surface area contributed by atoms with Gasteiger partial charge in [-0.05, 0) is 113 Å². The average Bonchev–Trinajstić information content (AvgIpc) is 3.68. The molecule has 0 spiro atoms. The predicted molar refractivity (Wildman–Crippen MR) is 202 cm³/mol. The van der Waals surface area contributed by atoms with Crippen LogP contribution in [0.25, 0.3) is 0 Å². The number of hydrogen-bond donors (Lipinski definition) is 5. The van der Waals surface area contributed by atoms with Gasteiger partial charge in [-0.1, -0.05) is 20.4 Å². The van der Waals surface area contributed by atoms with E-state index in [4.69, 9.17) is 37.9 Å². The van der Waals surface area contributed by atoms with E-state index in [-0.39, 0.29) is 54.6 Å². The van der Waals surface area contributed by atoms with Gasteiger partial charge >= 0.3 is 0 Å². The average molecular weight is 793 g/mol. The van der Waals surface area contributed by atoms with E-state index in [9.17, 15) is 25.5 Å². The smallest absolute Gasteiger partial charge is 0.161 e. The van der Waals surface area contributed by atoms with E-state index < -0.39 is 84.8 Å². The number of aliphatic hydroxyl groups is 5. The Hall–Kier alpha value is -1.20. The summed E-state index contributed by atoms with van der Waals surface area (Å²) >= 11 is 0. The summed E-state index contributed by atoms with van der Waals surface area (Å²) in [5.74, 6) is 1.53. The lowest BCUT2D eigenvalue weighted by molar-refractivity contribution is -0.336. The Bertz CT molecular complexity index is 1420. The van der Waals surface area contributed by atoms with E-state index in [2.05, 4.69) is 20.4 Å². The monoisotopic (exact) mass is 792 g/mol. The highest BCUT2D eigenvalue weighted by Crippen LogP contribution is 2.70. The van der Waals surface area contributed by atoms with E-state index in [0.29, 0.717) is 31.1 Å². The van der Waals surface area contributed by atoms with Crippen molar-refractivity contribution >= 4 is 0 Å². The third-order valence-corrected chi connectivity index (χ3v) is 16.3. The Balaban J connectivity index is 0.832. The third kappa shape index (κ3) is 7.05. The molecule has 13 nitrogen and oxygen atoms in total. The molecule has 4 heterocycles. The first-order valence-electron chi connectivity index (χ1n) is 21.5. The number of allylic oxidation sites excluding steroid dienone is 1. The van der Waals surface area contributed by atoms with Crippen LogP contribution in [0.15, 0.2) is 24.0 Å². The van der Waals surface area contributed by atoms with Crippen molar-refractivity contribution < 1.29 is 63.4 Å². The van der Waals surface area contributed by atoms with E-state index in [1.165, 1.54) is 7.11 Å². The first kappa shape index (κ1) is 41.5. The maximum absolute atomic E-state index is 12.6. The molecule has 0 aromatic heterocycles. The zero-order valence-electron chi connectivity index (χ0n) is 34.2. The normalized spacial score (nSPS) is 54.8. The SMILES string of the molecule is C=C1C=C([C@@H]2CCC3(O)C4CCC5CC(O[C@H]6C[C@H](O)C(OC7C[C@H](O)C(OC8C[C@H](O)[C@H](OC)[C@@H](C)O8)[C@@H](C)O7)[C@@H](C)O6)CC[C@]5(C)C4CC(O)[C@]23C)CO1. The number of ether oxygens (including phenoxy) is 8. The Labute approximate surface area is 332 Å². The molecule has 13 heteroatoms. The number of rotatable bonds is 8. The Kier molecular flexibility index (Phi) is 11.6. The summed E-state index contributed by atoms with van der Waals surface area (Å²) in [4.78, 5) is 0. The highest BCUT2D eigenvalue weighted by molar-refractivity contribution is 5.32. The summed E-state index contributed by atoms with van der Waals surface area (Å²) in [5.41, 5.74) is -0.395. The zero-order valence-corrected chi connectivity index (χ0v) is 34.2. The first-order valence-corrected chi connectivity index (χ1v) is 21.5. The van der Waals surface area contributed by atoms with Gasteiger partial charge in [0.2, 0.25) is 0 Å². The second-order valence-corrected chi connectivity index (χ2v) is 19.2. The van der Waals surface area contributed by atoms with Crippen LogP contribution in [-0.4, -0.2) is 131 Å². The second-order valence-electron chi connectivity index (χ2n) is 19.2. The van der Waals surface area contributed by atoms with E-state index in [0.717, 1.165) is 44.1 Å². The molecule has 0 bridgehead atoms. The van der Waals surface area contributed by atoms with Crippen molar-refractivity contribution in [3.8, 4) is 0 Å². The van der Waals surface area contributed by atoms with Crippen LogP contribution in [-0.2, 0) is 37.9 Å².